The molecule has 0 spiro atoms. The van der Waals surface area contributed by atoms with Crippen LogP contribution in [0.25, 0.3) is 10.8 Å². The minimum Gasteiger partial charge on any atom is -0.493 e. The third-order valence-electron chi connectivity index (χ3n) is 3.37. The minimum atomic E-state index is 0.553. The minimum absolute atomic E-state index is 0.553. The number of ether oxygens (including phenoxy) is 1. The highest BCUT2D eigenvalue weighted by molar-refractivity contribution is 7.99. The number of thioether (sulfide) groups is 1. The van der Waals surface area contributed by atoms with E-state index in [9.17, 15) is 0 Å². The van der Waals surface area contributed by atoms with Crippen LogP contribution in [0.5, 0.6) is 5.75 Å². The number of aryl methyl sites for hydroxylation is 3. The van der Waals surface area contributed by atoms with E-state index in [1.165, 1.54) is 0 Å². The molecular weight excluding hydrogens is 342 g/mol. The van der Waals surface area contributed by atoms with Gasteiger partial charge in [-0.25, -0.2) is 4.98 Å². The van der Waals surface area contributed by atoms with E-state index in [0.717, 1.165) is 39.1 Å². The molecule has 0 atom stereocenters. The third kappa shape index (κ3) is 4.15. The highest BCUT2D eigenvalue weighted by atomic mass is 32.2. The van der Waals surface area contributed by atoms with E-state index in [-0.39, 0.29) is 0 Å². The van der Waals surface area contributed by atoms with Crippen LogP contribution in [0.2, 0.25) is 0 Å². The lowest BCUT2D eigenvalue weighted by Gasteiger charge is -2.07. The van der Waals surface area contributed by atoms with Gasteiger partial charge in [0.1, 0.15) is 10.6 Å². The van der Waals surface area contributed by atoms with Crippen molar-refractivity contribution in [2.45, 2.75) is 32.4 Å². The Bertz CT molecular complexity index is 814. The summed E-state index contributed by atoms with van der Waals surface area (Å²) in [4.78, 5) is 5.34. The predicted octanol–water partition coefficient (Wildman–Crippen LogP) is 4.68. The SMILES string of the molecule is Cc1nc(C)c(-c2nnc(SCCCOc3ccccc3C)o2)s1. The molecule has 3 rings (SSSR count). The van der Waals surface area contributed by atoms with Crippen molar-refractivity contribution in [3.63, 3.8) is 0 Å². The van der Waals surface area contributed by atoms with Gasteiger partial charge in [0.25, 0.3) is 11.1 Å². The molecule has 0 unspecified atom stereocenters. The van der Waals surface area contributed by atoms with Crippen molar-refractivity contribution in [3.05, 3.63) is 40.5 Å². The molecule has 5 nitrogen and oxygen atoms in total. The molecule has 126 valence electrons. The number of aromatic nitrogens is 3. The zero-order valence-electron chi connectivity index (χ0n) is 13.9. The summed E-state index contributed by atoms with van der Waals surface area (Å²) in [6.07, 6.45) is 0.912. The second-order valence-electron chi connectivity index (χ2n) is 5.34. The van der Waals surface area contributed by atoms with Crippen LogP contribution in [0.4, 0.5) is 0 Å². The van der Waals surface area contributed by atoms with Gasteiger partial charge in [-0.05, 0) is 38.8 Å². The van der Waals surface area contributed by atoms with Crippen LogP contribution in [-0.2, 0) is 0 Å². The highest BCUT2D eigenvalue weighted by Crippen LogP contribution is 2.30. The topological polar surface area (TPSA) is 61.0 Å². The summed E-state index contributed by atoms with van der Waals surface area (Å²) in [5.74, 6) is 2.36. The van der Waals surface area contributed by atoms with E-state index in [2.05, 4.69) is 15.2 Å². The van der Waals surface area contributed by atoms with Crippen LogP contribution in [0.3, 0.4) is 0 Å². The Kier molecular flexibility index (Phi) is 5.52. The Labute approximate surface area is 149 Å². The first-order chi connectivity index (χ1) is 11.6. The van der Waals surface area contributed by atoms with Crippen LogP contribution in [0, 0.1) is 20.8 Å². The van der Waals surface area contributed by atoms with Gasteiger partial charge in [-0.15, -0.1) is 21.5 Å². The Morgan fingerprint density at radius 2 is 2.00 bits per heavy atom. The van der Waals surface area contributed by atoms with Crippen LogP contribution < -0.4 is 4.74 Å². The molecular formula is C17H19N3O2S2. The number of hydrogen-bond acceptors (Lipinski definition) is 7. The summed E-state index contributed by atoms with van der Waals surface area (Å²) < 4.78 is 11.5. The maximum atomic E-state index is 5.78. The molecule has 0 bridgehead atoms. The largest absolute Gasteiger partial charge is 0.493 e. The van der Waals surface area contributed by atoms with E-state index >= 15 is 0 Å². The molecule has 0 N–H and O–H groups in total. The van der Waals surface area contributed by atoms with Crippen molar-refractivity contribution in [2.75, 3.05) is 12.4 Å². The average molecular weight is 361 g/mol. The predicted molar refractivity (Wildman–Crippen MR) is 96.9 cm³/mol. The van der Waals surface area contributed by atoms with Gasteiger partial charge < -0.3 is 9.15 Å². The summed E-state index contributed by atoms with van der Waals surface area (Å²) in [5, 5.41) is 9.81. The first-order valence-corrected chi connectivity index (χ1v) is 9.53. The zero-order chi connectivity index (χ0) is 16.9. The fraction of sp³-hybridized carbons (Fsp3) is 0.353. The molecule has 3 aromatic rings. The molecule has 0 radical (unpaired) electrons. The fourth-order valence-electron chi connectivity index (χ4n) is 2.21. The number of para-hydroxylation sites is 1. The van der Waals surface area contributed by atoms with Crippen molar-refractivity contribution in [2.24, 2.45) is 0 Å². The van der Waals surface area contributed by atoms with Gasteiger partial charge >= 0.3 is 0 Å². The van der Waals surface area contributed by atoms with Crippen molar-refractivity contribution >= 4 is 23.1 Å². The number of benzene rings is 1. The summed E-state index contributed by atoms with van der Waals surface area (Å²) in [5.41, 5.74) is 2.09. The van der Waals surface area contributed by atoms with Gasteiger partial charge in [0, 0.05) is 5.75 Å². The van der Waals surface area contributed by atoms with Crippen LogP contribution >= 0.6 is 23.1 Å². The van der Waals surface area contributed by atoms with E-state index in [4.69, 9.17) is 9.15 Å². The number of hydrogen-bond donors (Lipinski definition) is 0. The molecule has 1 aromatic carbocycles. The first kappa shape index (κ1) is 17.0. The zero-order valence-corrected chi connectivity index (χ0v) is 15.5. The van der Waals surface area contributed by atoms with Crippen molar-refractivity contribution in [3.8, 4) is 16.5 Å². The lowest BCUT2D eigenvalue weighted by Crippen LogP contribution is -1.99. The van der Waals surface area contributed by atoms with Gasteiger partial charge in [-0.2, -0.15) is 0 Å². The molecule has 2 aromatic heterocycles. The lowest BCUT2D eigenvalue weighted by atomic mass is 10.2. The molecule has 0 amide bonds. The van der Waals surface area contributed by atoms with Crippen LogP contribution in [0.1, 0.15) is 22.7 Å². The smallest absolute Gasteiger partial charge is 0.276 e. The Hall–Kier alpha value is -1.86. The van der Waals surface area contributed by atoms with Crippen molar-refractivity contribution in [1.29, 1.82) is 0 Å². The lowest BCUT2D eigenvalue weighted by molar-refractivity contribution is 0.316. The molecule has 0 fully saturated rings. The number of rotatable bonds is 7. The Balaban J connectivity index is 1.46. The molecule has 0 aliphatic heterocycles. The number of nitrogens with zero attached hydrogens (tertiary/aromatic N) is 3. The normalized spacial score (nSPS) is 11.0. The summed E-state index contributed by atoms with van der Waals surface area (Å²) in [6, 6.07) is 8.04. The van der Waals surface area contributed by atoms with Crippen molar-refractivity contribution in [1.82, 2.24) is 15.2 Å². The molecule has 2 heterocycles. The van der Waals surface area contributed by atoms with Gasteiger partial charge in [-0.3, -0.25) is 0 Å². The average Bonchev–Trinajstić information content (AvgIpc) is 3.15. The highest BCUT2D eigenvalue weighted by Gasteiger charge is 2.15. The monoisotopic (exact) mass is 361 g/mol. The maximum Gasteiger partial charge on any atom is 0.276 e. The van der Waals surface area contributed by atoms with E-state index in [1.54, 1.807) is 23.1 Å². The molecule has 7 heteroatoms. The Morgan fingerprint density at radius 1 is 1.17 bits per heavy atom. The van der Waals surface area contributed by atoms with E-state index < -0.39 is 0 Å². The standard InChI is InChI=1S/C17H19N3O2S2/c1-11-7-4-5-8-14(11)21-9-6-10-23-17-20-19-16(22-17)15-12(2)18-13(3)24-15/h4-5,7-8H,6,9-10H2,1-3H3. The quantitative estimate of drug-likeness (QED) is 0.450. The Morgan fingerprint density at radius 3 is 2.75 bits per heavy atom. The maximum absolute atomic E-state index is 5.78. The van der Waals surface area contributed by atoms with Gasteiger partial charge in [0.15, 0.2) is 0 Å². The van der Waals surface area contributed by atoms with Gasteiger partial charge in [0.05, 0.1) is 17.3 Å². The van der Waals surface area contributed by atoms with Gasteiger partial charge in [0.2, 0.25) is 0 Å². The van der Waals surface area contributed by atoms with Crippen LogP contribution in [-0.4, -0.2) is 27.5 Å². The van der Waals surface area contributed by atoms with Crippen molar-refractivity contribution < 1.29 is 9.15 Å². The van der Waals surface area contributed by atoms with E-state index in [1.807, 2.05) is 45.0 Å². The third-order valence-corrected chi connectivity index (χ3v) is 5.34. The second kappa shape index (κ2) is 7.81. The fourth-order valence-corrected chi connectivity index (χ4v) is 3.72. The molecule has 0 saturated carbocycles. The number of thiazole rings is 1. The summed E-state index contributed by atoms with van der Waals surface area (Å²) >= 11 is 3.13. The molecule has 0 aliphatic rings. The van der Waals surface area contributed by atoms with E-state index in [0.29, 0.717) is 17.7 Å². The molecule has 0 saturated heterocycles. The summed E-state index contributed by atoms with van der Waals surface area (Å²) in [6.45, 7) is 6.65. The van der Waals surface area contributed by atoms with Crippen LogP contribution in [0.15, 0.2) is 33.9 Å². The van der Waals surface area contributed by atoms with Gasteiger partial charge in [-0.1, -0.05) is 30.0 Å². The second-order valence-corrected chi connectivity index (χ2v) is 7.59. The first-order valence-electron chi connectivity index (χ1n) is 7.72. The summed E-state index contributed by atoms with van der Waals surface area (Å²) in [7, 11) is 0. The molecule has 0 aliphatic carbocycles. The molecule has 24 heavy (non-hydrogen) atoms.